The molecule has 0 aliphatic carbocycles. The highest BCUT2D eigenvalue weighted by Gasteiger charge is 2.12. The number of aromatic nitrogens is 2. The highest BCUT2D eigenvalue weighted by atomic mass is 16.5. The summed E-state index contributed by atoms with van der Waals surface area (Å²) in [5.74, 6) is 1.31. The van der Waals surface area contributed by atoms with E-state index in [9.17, 15) is 0 Å². The molecule has 1 unspecified atom stereocenters. The van der Waals surface area contributed by atoms with Crippen molar-refractivity contribution in [3.63, 3.8) is 0 Å². The lowest BCUT2D eigenvalue weighted by molar-refractivity contribution is 0.126. The fourth-order valence-corrected chi connectivity index (χ4v) is 1.53. The van der Waals surface area contributed by atoms with E-state index in [1.165, 1.54) is 0 Å². The fraction of sp³-hybridized carbons (Fsp3) is 0.818. The number of nitrogens with one attached hydrogen (secondary N) is 1. The largest absolute Gasteiger partial charge is 0.374 e. The maximum absolute atomic E-state index is 5.21. The number of likely N-dealkylation sites (N-methyl/N-ethyl adjacent to an activating group) is 1. The Morgan fingerprint density at radius 1 is 1.44 bits per heavy atom. The summed E-state index contributed by atoms with van der Waals surface area (Å²) < 4.78 is 10.4. The number of hydrogen-bond donors (Lipinski definition) is 1. The third-order valence-corrected chi connectivity index (χ3v) is 2.41. The second kappa shape index (κ2) is 7.35. The van der Waals surface area contributed by atoms with Crippen LogP contribution in [0.4, 0.5) is 0 Å². The van der Waals surface area contributed by atoms with Gasteiger partial charge >= 0.3 is 0 Å². The highest BCUT2D eigenvalue weighted by Crippen LogP contribution is 2.06. The van der Waals surface area contributed by atoms with E-state index in [-0.39, 0.29) is 0 Å². The minimum Gasteiger partial charge on any atom is -0.374 e. The Balaban J connectivity index is 2.43. The molecule has 0 aliphatic rings. The molecule has 1 rings (SSSR count). The molecule has 16 heavy (non-hydrogen) atoms. The molecule has 1 N–H and O–H groups in total. The van der Waals surface area contributed by atoms with Crippen LogP contribution in [-0.4, -0.2) is 29.8 Å². The van der Waals surface area contributed by atoms with Crippen LogP contribution in [0, 0.1) is 0 Å². The molecule has 0 aliphatic heterocycles. The van der Waals surface area contributed by atoms with Gasteiger partial charge in [0.05, 0.1) is 0 Å². The second-order valence-corrected chi connectivity index (χ2v) is 3.72. The Bertz CT molecular complexity index is 289. The summed E-state index contributed by atoms with van der Waals surface area (Å²) in [5, 5.41) is 7.11. The summed E-state index contributed by atoms with van der Waals surface area (Å²) in [6.45, 7) is 5.20. The van der Waals surface area contributed by atoms with Gasteiger partial charge in [0.2, 0.25) is 5.89 Å². The van der Waals surface area contributed by atoms with Crippen molar-refractivity contribution in [1.82, 2.24) is 15.5 Å². The first-order valence-electron chi connectivity index (χ1n) is 5.86. The molecule has 92 valence electrons. The molecule has 0 amide bonds. The standard InChI is InChI=1S/C11H21N3O2/c1-4-6-9(12-3)7-11-13-10(14-16-11)8-15-5-2/h9,12H,4-8H2,1-3H3. The van der Waals surface area contributed by atoms with Crippen molar-refractivity contribution in [3.8, 4) is 0 Å². The number of ether oxygens (including phenoxy) is 1. The SMILES string of the molecule is CCCC(Cc1nc(COCC)no1)NC. The van der Waals surface area contributed by atoms with Crippen LogP contribution in [0.2, 0.25) is 0 Å². The van der Waals surface area contributed by atoms with Crippen LogP contribution in [0.25, 0.3) is 0 Å². The average Bonchev–Trinajstić information content (AvgIpc) is 2.73. The van der Waals surface area contributed by atoms with Crippen LogP contribution in [0.1, 0.15) is 38.4 Å². The molecule has 0 aromatic carbocycles. The normalized spacial score (nSPS) is 12.9. The molecule has 0 spiro atoms. The van der Waals surface area contributed by atoms with Gasteiger partial charge in [-0.25, -0.2) is 0 Å². The average molecular weight is 227 g/mol. The zero-order chi connectivity index (χ0) is 11.8. The summed E-state index contributed by atoms with van der Waals surface area (Å²) in [5.41, 5.74) is 0. The molecule has 1 atom stereocenters. The van der Waals surface area contributed by atoms with Crippen LogP contribution < -0.4 is 5.32 Å². The number of hydrogen-bond acceptors (Lipinski definition) is 5. The molecule has 0 bridgehead atoms. The Kier molecular flexibility index (Phi) is 6.03. The number of nitrogens with zero attached hydrogens (tertiary/aromatic N) is 2. The van der Waals surface area contributed by atoms with E-state index >= 15 is 0 Å². The molecular weight excluding hydrogens is 206 g/mol. The van der Waals surface area contributed by atoms with E-state index in [1.807, 2.05) is 14.0 Å². The van der Waals surface area contributed by atoms with Crippen molar-refractivity contribution in [1.29, 1.82) is 0 Å². The predicted octanol–water partition coefficient (Wildman–Crippen LogP) is 1.54. The van der Waals surface area contributed by atoms with Crippen LogP contribution in [-0.2, 0) is 17.8 Å². The fourth-order valence-electron chi connectivity index (χ4n) is 1.53. The van der Waals surface area contributed by atoms with Gasteiger partial charge in [-0.3, -0.25) is 0 Å². The van der Waals surface area contributed by atoms with Gasteiger partial charge in [-0.15, -0.1) is 0 Å². The van der Waals surface area contributed by atoms with E-state index in [0.29, 0.717) is 31.0 Å². The van der Waals surface area contributed by atoms with Gasteiger partial charge < -0.3 is 14.6 Å². The van der Waals surface area contributed by atoms with Gasteiger partial charge in [-0.2, -0.15) is 4.98 Å². The van der Waals surface area contributed by atoms with E-state index in [2.05, 4.69) is 22.4 Å². The lowest BCUT2D eigenvalue weighted by atomic mass is 10.1. The zero-order valence-electron chi connectivity index (χ0n) is 10.3. The van der Waals surface area contributed by atoms with E-state index in [1.54, 1.807) is 0 Å². The molecule has 0 saturated carbocycles. The number of rotatable bonds is 8. The van der Waals surface area contributed by atoms with E-state index in [0.717, 1.165) is 19.3 Å². The van der Waals surface area contributed by atoms with E-state index < -0.39 is 0 Å². The lowest BCUT2D eigenvalue weighted by Gasteiger charge is -2.11. The monoisotopic (exact) mass is 227 g/mol. The van der Waals surface area contributed by atoms with Gasteiger partial charge in [0.25, 0.3) is 0 Å². The highest BCUT2D eigenvalue weighted by molar-refractivity contribution is 4.88. The molecule has 5 nitrogen and oxygen atoms in total. The smallest absolute Gasteiger partial charge is 0.228 e. The first kappa shape index (κ1) is 13.1. The van der Waals surface area contributed by atoms with Gasteiger partial charge in [0, 0.05) is 19.1 Å². The Labute approximate surface area is 96.6 Å². The molecule has 1 aromatic heterocycles. The lowest BCUT2D eigenvalue weighted by Crippen LogP contribution is -2.27. The maximum atomic E-state index is 5.21. The van der Waals surface area contributed by atoms with Gasteiger partial charge in [-0.1, -0.05) is 18.5 Å². The molecule has 1 heterocycles. The Morgan fingerprint density at radius 2 is 2.25 bits per heavy atom. The summed E-state index contributed by atoms with van der Waals surface area (Å²) >= 11 is 0. The summed E-state index contributed by atoms with van der Waals surface area (Å²) in [6.07, 6.45) is 3.04. The third-order valence-electron chi connectivity index (χ3n) is 2.41. The summed E-state index contributed by atoms with van der Waals surface area (Å²) in [6, 6.07) is 0.408. The van der Waals surface area contributed by atoms with Gasteiger partial charge in [0.15, 0.2) is 5.82 Å². The van der Waals surface area contributed by atoms with Gasteiger partial charge in [-0.05, 0) is 20.4 Å². The maximum Gasteiger partial charge on any atom is 0.228 e. The van der Waals surface area contributed by atoms with E-state index in [4.69, 9.17) is 9.26 Å². The van der Waals surface area contributed by atoms with Crippen LogP contribution in [0.15, 0.2) is 4.52 Å². The minimum absolute atomic E-state index is 0.408. The molecule has 1 aromatic rings. The molecular formula is C11H21N3O2. The van der Waals surface area contributed by atoms with Crippen LogP contribution >= 0.6 is 0 Å². The molecule has 0 radical (unpaired) electrons. The van der Waals surface area contributed by atoms with Crippen molar-refractivity contribution in [3.05, 3.63) is 11.7 Å². The van der Waals surface area contributed by atoms with Crippen LogP contribution in [0.5, 0.6) is 0 Å². The topological polar surface area (TPSA) is 60.2 Å². The first-order chi connectivity index (χ1) is 7.80. The van der Waals surface area contributed by atoms with Crippen molar-refractivity contribution >= 4 is 0 Å². The second-order valence-electron chi connectivity index (χ2n) is 3.72. The minimum atomic E-state index is 0.408. The van der Waals surface area contributed by atoms with Crippen molar-refractivity contribution in [2.75, 3.05) is 13.7 Å². The van der Waals surface area contributed by atoms with Crippen molar-refractivity contribution < 1.29 is 9.26 Å². The Morgan fingerprint density at radius 3 is 2.88 bits per heavy atom. The predicted molar refractivity (Wildman–Crippen MR) is 61.1 cm³/mol. The van der Waals surface area contributed by atoms with Crippen molar-refractivity contribution in [2.45, 2.75) is 45.8 Å². The van der Waals surface area contributed by atoms with Crippen molar-refractivity contribution in [2.24, 2.45) is 0 Å². The van der Waals surface area contributed by atoms with Gasteiger partial charge in [0.1, 0.15) is 6.61 Å². The summed E-state index contributed by atoms with van der Waals surface area (Å²) in [4.78, 5) is 4.27. The van der Waals surface area contributed by atoms with Crippen LogP contribution in [0.3, 0.4) is 0 Å². The summed E-state index contributed by atoms with van der Waals surface area (Å²) in [7, 11) is 1.96. The zero-order valence-corrected chi connectivity index (χ0v) is 10.3. The molecule has 0 saturated heterocycles. The molecule has 5 heteroatoms. The third kappa shape index (κ3) is 4.28. The molecule has 0 fully saturated rings. The quantitative estimate of drug-likeness (QED) is 0.730. The Hall–Kier alpha value is -0.940. The first-order valence-corrected chi connectivity index (χ1v) is 5.86.